The van der Waals surface area contributed by atoms with Gasteiger partial charge in [-0.3, -0.25) is 9.59 Å². The number of hydrogen-bond acceptors (Lipinski definition) is 5. The molecule has 0 unspecified atom stereocenters. The molecule has 0 heterocycles. The molecule has 154 valence electrons. The predicted molar refractivity (Wildman–Crippen MR) is 110 cm³/mol. The lowest BCUT2D eigenvalue weighted by Gasteiger charge is -2.17. The first kappa shape index (κ1) is 21.0. The highest BCUT2D eigenvalue weighted by Gasteiger charge is 2.23. The molecule has 0 fully saturated rings. The van der Waals surface area contributed by atoms with Crippen LogP contribution in [0.25, 0.3) is 0 Å². The molecule has 1 aliphatic carbocycles. The van der Waals surface area contributed by atoms with Gasteiger partial charge in [-0.05, 0) is 49.6 Å². The molecule has 0 spiro atoms. The number of carbonyl (C=O) groups excluding carboxylic acids is 2. The summed E-state index contributed by atoms with van der Waals surface area (Å²) in [5.74, 6) is 0.203. The number of nitrogens with one attached hydrogen (secondary N) is 1. The zero-order valence-electron chi connectivity index (χ0n) is 16.9. The number of benzene rings is 2. The molecule has 3 rings (SSSR count). The Morgan fingerprint density at radius 2 is 1.90 bits per heavy atom. The third-order valence-electron chi connectivity index (χ3n) is 5.09. The van der Waals surface area contributed by atoms with Crippen LogP contribution in [0.4, 0.5) is 5.69 Å². The number of carbonyl (C=O) groups is 2. The SMILES string of the molecule is Cc1cc(S(=O)(=O)N(C)C)cc(NC(=O)COc2cccc3c2CCC3=O)c1C. The van der Waals surface area contributed by atoms with Crippen LogP contribution in [0, 0.1) is 13.8 Å². The Balaban J connectivity index is 1.77. The summed E-state index contributed by atoms with van der Waals surface area (Å²) < 4.78 is 31.7. The van der Waals surface area contributed by atoms with Crippen LogP contribution >= 0.6 is 0 Å². The summed E-state index contributed by atoms with van der Waals surface area (Å²) in [6, 6.07) is 8.28. The molecule has 1 N–H and O–H groups in total. The third kappa shape index (κ3) is 4.18. The Bertz CT molecular complexity index is 1090. The summed E-state index contributed by atoms with van der Waals surface area (Å²) >= 11 is 0. The number of nitrogens with zero attached hydrogens (tertiary/aromatic N) is 1. The van der Waals surface area contributed by atoms with E-state index in [9.17, 15) is 18.0 Å². The van der Waals surface area contributed by atoms with Crippen molar-refractivity contribution in [2.75, 3.05) is 26.0 Å². The Morgan fingerprint density at radius 1 is 1.17 bits per heavy atom. The Kier molecular flexibility index (Phi) is 5.77. The minimum Gasteiger partial charge on any atom is -0.483 e. The number of anilines is 1. The van der Waals surface area contributed by atoms with Gasteiger partial charge in [0.05, 0.1) is 4.90 Å². The van der Waals surface area contributed by atoms with Gasteiger partial charge in [0.25, 0.3) is 5.91 Å². The van der Waals surface area contributed by atoms with Crippen molar-refractivity contribution >= 4 is 27.4 Å². The number of Topliss-reactive ketones (excluding diaryl/α,β-unsaturated/α-hetero) is 1. The second-order valence-corrected chi connectivity index (χ2v) is 9.39. The number of fused-ring (bicyclic) bond motifs is 1. The maximum atomic E-state index is 12.4. The standard InChI is InChI=1S/C21H24N2O5S/c1-13-10-15(29(26,27)23(3)4)11-18(14(13)2)22-21(25)12-28-20-7-5-6-16-17(20)8-9-19(16)24/h5-7,10-11H,8-9,12H2,1-4H3,(H,22,25). The topological polar surface area (TPSA) is 92.8 Å². The minimum atomic E-state index is -3.62. The minimum absolute atomic E-state index is 0.0833. The van der Waals surface area contributed by atoms with Gasteiger partial charge in [-0.1, -0.05) is 12.1 Å². The van der Waals surface area contributed by atoms with Crippen LogP contribution in [0.15, 0.2) is 35.2 Å². The molecule has 2 aromatic carbocycles. The van der Waals surface area contributed by atoms with Crippen LogP contribution in [-0.4, -0.2) is 45.1 Å². The normalized spacial score (nSPS) is 13.5. The number of sulfonamides is 1. The van der Waals surface area contributed by atoms with Crippen molar-refractivity contribution in [2.45, 2.75) is 31.6 Å². The van der Waals surface area contributed by atoms with Crippen LogP contribution in [0.1, 0.15) is 33.5 Å². The molecule has 0 aliphatic heterocycles. The van der Waals surface area contributed by atoms with Crippen molar-refractivity contribution in [1.82, 2.24) is 4.31 Å². The van der Waals surface area contributed by atoms with Crippen LogP contribution in [0.3, 0.4) is 0 Å². The molecule has 0 atom stereocenters. The van der Waals surface area contributed by atoms with Gasteiger partial charge in [0.2, 0.25) is 10.0 Å². The van der Waals surface area contributed by atoms with E-state index < -0.39 is 15.9 Å². The number of rotatable bonds is 6. The molecule has 7 nitrogen and oxygen atoms in total. The number of amides is 1. The molecule has 1 aliphatic rings. The molecule has 0 saturated carbocycles. The Morgan fingerprint density at radius 3 is 2.59 bits per heavy atom. The van der Waals surface area contributed by atoms with Crippen molar-refractivity contribution in [1.29, 1.82) is 0 Å². The van der Waals surface area contributed by atoms with Crippen LogP contribution in [-0.2, 0) is 21.2 Å². The monoisotopic (exact) mass is 416 g/mol. The molecule has 0 radical (unpaired) electrons. The van der Waals surface area contributed by atoms with E-state index in [-0.39, 0.29) is 17.3 Å². The highest BCUT2D eigenvalue weighted by atomic mass is 32.2. The maximum Gasteiger partial charge on any atom is 0.262 e. The Labute approximate surface area is 170 Å². The van der Waals surface area contributed by atoms with Crippen molar-refractivity contribution in [3.8, 4) is 5.75 Å². The maximum absolute atomic E-state index is 12.4. The van der Waals surface area contributed by atoms with Crippen molar-refractivity contribution in [3.63, 3.8) is 0 Å². The first-order valence-electron chi connectivity index (χ1n) is 9.22. The van der Waals surface area contributed by atoms with Crippen molar-refractivity contribution < 1.29 is 22.7 Å². The fourth-order valence-corrected chi connectivity index (χ4v) is 4.25. The van der Waals surface area contributed by atoms with E-state index in [2.05, 4.69) is 5.32 Å². The first-order chi connectivity index (χ1) is 13.6. The van der Waals surface area contributed by atoms with E-state index in [1.165, 1.54) is 20.2 Å². The van der Waals surface area contributed by atoms with Crippen LogP contribution < -0.4 is 10.1 Å². The number of hydrogen-bond donors (Lipinski definition) is 1. The van der Waals surface area contributed by atoms with E-state index in [4.69, 9.17) is 4.74 Å². The van der Waals surface area contributed by atoms with Gasteiger partial charge in [-0.25, -0.2) is 12.7 Å². The molecule has 0 aromatic heterocycles. The smallest absolute Gasteiger partial charge is 0.262 e. The van der Waals surface area contributed by atoms with Gasteiger partial charge in [0, 0.05) is 37.3 Å². The molecule has 29 heavy (non-hydrogen) atoms. The molecular weight excluding hydrogens is 392 g/mol. The van der Waals surface area contributed by atoms with Gasteiger partial charge in [0.1, 0.15) is 5.75 Å². The van der Waals surface area contributed by atoms with E-state index >= 15 is 0 Å². The zero-order chi connectivity index (χ0) is 21.3. The summed E-state index contributed by atoms with van der Waals surface area (Å²) in [5.41, 5.74) is 3.44. The second-order valence-electron chi connectivity index (χ2n) is 7.24. The second kappa shape index (κ2) is 7.96. The van der Waals surface area contributed by atoms with E-state index in [0.717, 1.165) is 21.0 Å². The van der Waals surface area contributed by atoms with Crippen LogP contribution in [0.5, 0.6) is 5.75 Å². The zero-order valence-corrected chi connectivity index (χ0v) is 17.7. The number of ether oxygens (including phenoxy) is 1. The van der Waals surface area contributed by atoms with Gasteiger partial charge in [-0.2, -0.15) is 0 Å². The highest BCUT2D eigenvalue weighted by Crippen LogP contribution is 2.30. The molecule has 2 aromatic rings. The fourth-order valence-electron chi connectivity index (χ4n) is 3.24. The van der Waals surface area contributed by atoms with Crippen LogP contribution in [0.2, 0.25) is 0 Å². The molecule has 0 saturated heterocycles. The quantitative estimate of drug-likeness (QED) is 0.782. The lowest BCUT2D eigenvalue weighted by Crippen LogP contribution is -2.24. The summed E-state index contributed by atoms with van der Waals surface area (Å²) in [7, 11) is -0.707. The fraction of sp³-hybridized carbons (Fsp3) is 0.333. The van der Waals surface area contributed by atoms with Gasteiger partial charge >= 0.3 is 0 Å². The number of aryl methyl sites for hydroxylation is 1. The third-order valence-corrected chi connectivity index (χ3v) is 6.88. The van der Waals surface area contributed by atoms with E-state index in [1.54, 1.807) is 31.2 Å². The van der Waals surface area contributed by atoms with E-state index in [0.29, 0.717) is 29.8 Å². The molecule has 0 bridgehead atoms. The van der Waals surface area contributed by atoms with Gasteiger partial charge in [-0.15, -0.1) is 0 Å². The lowest BCUT2D eigenvalue weighted by molar-refractivity contribution is -0.118. The summed E-state index contributed by atoms with van der Waals surface area (Å²) in [6.07, 6.45) is 1.06. The molecule has 8 heteroatoms. The highest BCUT2D eigenvalue weighted by molar-refractivity contribution is 7.89. The predicted octanol–water partition coefficient (Wildman–Crippen LogP) is 2.70. The Hall–Kier alpha value is -2.71. The first-order valence-corrected chi connectivity index (χ1v) is 10.7. The number of ketones is 1. The van der Waals surface area contributed by atoms with Gasteiger partial charge in [0.15, 0.2) is 12.4 Å². The van der Waals surface area contributed by atoms with Gasteiger partial charge < -0.3 is 10.1 Å². The summed E-state index contributed by atoms with van der Waals surface area (Å²) in [5, 5.41) is 2.74. The molecule has 1 amide bonds. The summed E-state index contributed by atoms with van der Waals surface area (Å²) in [4.78, 5) is 24.4. The van der Waals surface area contributed by atoms with Crippen molar-refractivity contribution in [2.24, 2.45) is 0 Å². The van der Waals surface area contributed by atoms with E-state index in [1.807, 2.05) is 6.92 Å². The lowest BCUT2D eigenvalue weighted by atomic mass is 10.1. The summed E-state index contributed by atoms with van der Waals surface area (Å²) in [6.45, 7) is 3.36. The average Bonchev–Trinajstić information content (AvgIpc) is 3.05. The van der Waals surface area contributed by atoms with Crippen molar-refractivity contribution in [3.05, 3.63) is 52.6 Å². The largest absolute Gasteiger partial charge is 0.483 e. The molecular formula is C21H24N2O5S. The average molecular weight is 416 g/mol.